The number of H-pyrrole nitrogens is 1. The SMILES string of the molecule is Cc1ccc(C2CC(C)(C)c3[nH]ncc32)c(C#N)c1. The molecule has 1 aliphatic carbocycles. The molecule has 0 amide bonds. The Kier molecular flexibility index (Phi) is 2.50. The average Bonchev–Trinajstić information content (AvgIpc) is 2.93. The number of nitrogens with one attached hydrogen (secondary N) is 1. The molecule has 1 atom stereocenters. The summed E-state index contributed by atoms with van der Waals surface area (Å²) >= 11 is 0. The van der Waals surface area contributed by atoms with E-state index in [1.165, 1.54) is 11.3 Å². The van der Waals surface area contributed by atoms with Crippen LogP contribution >= 0.6 is 0 Å². The number of nitrogens with zero attached hydrogens (tertiary/aromatic N) is 2. The third-order valence-electron chi connectivity index (χ3n) is 4.14. The van der Waals surface area contributed by atoms with E-state index in [1.807, 2.05) is 19.2 Å². The summed E-state index contributed by atoms with van der Waals surface area (Å²) in [6.45, 7) is 6.47. The molecule has 1 N–H and O–H groups in total. The Hall–Kier alpha value is -2.08. The van der Waals surface area contributed by atoms with Crippen molar-refractivity contribution in [2.75, 3.05) is 0 Å². The van der Waals surface area contributed by atoms with Crippen LogP contribution in [0.25, 0.3) is 0 Å². The zero-order chi connectivity index (χ0) is 13.6. The standard InChI is InChI=1S/C16H17N3/c1-10-4-5-12(11(6-10)8-17)13-7-16(2,3)15-14(13)9-18-19-15/h4-6,9,13H,7H2,1-3H3,(H,18,19). The highest BCUT2D eigenvalue weighted by Gasteiger charge is 2.40. The van der Waals surface area contributed by atoms with Gasteiger partial charge in [0.15, 0.2) is 0 Å². The van der Waals surface area contributed by atoms with Gasteiger partial charge in [0.05, 0.1) is 17.8 Å². The summed E-state index contributed by atoms with van der Waals surface area (Å²) in [5, 5.41) is 16.7. The highest BCUT2D eigenvalue weighted by molar-refractivity contribution is 5.50. The van der Waals surface area contributed by atoms with Crippen LogP contribution in [-0.4, -0.2) is 10.2 Å². The number of fused-ring (bicyclic) bond motifs is 1. The summed E-state index contributed by atoms with van der Waals surface area (Å²) in [6.07, 6.45) is 2.93. The number of hydrogen-bond donors (Lipinski definition) is 1. The van der Waals surface area contributed by atoms with Gasteiger partial charge < -0.3 is 0 Å². The Morgan fingerprint density at radius 2 is 2.16 bits per heavy atom. The van der Waals surface area contributed by atoms with Gasteiger partial charge in [0.2, 0.25) is 0 Å². The largest absolute Gasteiger partial charge is 0.282 e. The number of nitriles is 1. The van der Waals surface area contributed by atoms with Crippen molar-refractivity contribution in [1.82, 2.24) is 10.2 Å². The second kappa shape index (κ2) is 3.96. The molecular formula is C16H17N3. The van der Waals surface area contributed by atoms with Gasteiger partial charge in [0.25, 0.3) is 0 Å². The molecule has 1 aromatic carbocycles. The van der Waals surface area contributed by atoms with Crippen LogP contribution < -0.4 is 0 Å². The van der Waals surface area contributed by atoms with Gasteiger partial charge in [0, 0.05) is 22.6 Å². The number of hydrogen-bond acceptors (Lipinski definition) is 2. The van der Waals surface area contributed by atoms with Gasteiger partial charge in [-0.15, -0.1) is 0 Å². The molecule has 0 bridgehead atoms. The van der Waals surface area contributed by atoms with E-state index in [0.717, 1.165) is 23.1 Å². The Balaban J connectivity index is 2.14. The second-order valence-electron chi connectivity index (χ2n) is 6.04. The average molecular weight is 251 g/mol. The minimum atomic E-state index is 0.0914. The number of aryl methyl sites for hydroxylation is 1. The zero-order valence-corrected chi connectivity index (χ0v) is 11.5. The normalized spacial score (nSPS) is 20.0. The summed E-state index contributed by atoms with van der Waals surface area (Å²) in [5.41, 5.74) is 5.59. The molecule has 1 aromatic heterocycles. The minimum absolute atomic E-state index is 0.0914. The molecule has 0 spiro atoms. The molecule has 3 rings (SSSR count). The predicted octanol–water partition coefficient (Wildman–Crippen LogP) is 3.40. The molecule has 3 nitrogen and oxygen atoms in total. The van der Waals surface area contributed by atoms with E-state index in [9.17, 15) is 5.26 Å². The summed E-state index contributed by atoms with van der Waals surface area (Å²) < 4.78 is 0. The van der Waals surface area contributed by atoms with Crippen LogP contribution in [0.3, 0.4) is 0 Å². The molecule has 96 valence electrons. The van der Waals surface area contributed by atoms with Crippen LogP contribution in [0.1, 0.15) is 54.1 Å². The monoisotopic (exact) mass is 251 g/mol. The molecule has 1 unspecified atom stereocenters. The number of rotatable bonds is 1. The van der Waals surface area contributed by atoms with Crippen molar-refractivity contribution in [1.29, 1.82) is 5.26 Å². The van der Waals surface area contributed by atoms with Crippen LogP contribution in [0, 0.1) is 18.3 Å². The molecular weight excluding hydrogens is 234 g/mol. The van der Waals surface area contributed by atoms with Crippen molar-refractivity contribution in [2.24, 2.45) is 0 Å². The van der Waals surface area contributed by atoms with Crippen molar-refractivity contribution in [3.8, 4) is 6.07 Å². The molecule has 19 heavy (non-hydrogen) atoms. The Labute approximate surface area is 113 Å². The van der Waals surface area contributed by atoms with Crippen LogP contribution in [-0.2, 0) is 5.41 Å². The third-order valence-corrected chi connectivity index (χ3v) is 4.14. The lowest BCUT2D eigenvalue weighted by atomic mass is 9.85. The molecule has 0 saturated heterocycles. The van der Waals surface area contributed by atoms with E-state index in [4.69, 9.17) is 0 Å². The van der Waals surface area contributed by atoms with Gasteiger partial charge in [-0.3, -0.25) is 5.10 Å². The minimum Gasteiger partial charge on any atom is -0.282 e. The molecule has 0 fully saturated rings. The van der Waals surface area contributed by atoms with E-state index in [-0.39, 0.29) is 11.3 Å². The first-order chi connectivity index (χ1) is 9.03. The lowest BCUT2D eigenvalue weighted by Gasteiger charge is -2.19. The smallest absolute Gasteiger partial charge is 0.0994 e. The number of aromatic amines is 1. The van der Waals surface area contributed by atoms with E-state index < -0.39 is 0 Å². The summed E-state index contributed by atoms with van der Waals surface area (Å²) in [4.78, 5) is 0. The third kappa shape index (κ3) is 1.76. The maximum absolute atomic E-state index is 9.36. The van der Waals surface area contributed by atoms with Gasteiger partial charge in [0.1, 0.15) is 0 Å². The molecule has 1 aliphatic rings. The molecule has 3 heteroatoms. The van der Waals surface area contributed by atoms with Crippen LogP contribution in [0.2, 0.25) is 0 Å². The maximum atomic E-state index is 9.36. The van der Waals surface area contributed by atoms with Gasteiger partial charge in [-0.1, -0.05) is 26.0 Å². The van der Waals surface area contributed by atoms with E-state index >= 15 is 0 Å². The summed E-state index contributed by atoms with van der Waals surface area (Å²) in [6, 6.07) is 8.48. The number of benzene rings is 1. The van der Waals surface area contributed by atoms with E-state index in [0.29, 0.717) is 0 Å². The maximum Gasteiger partial charge on any atom is 0.0994 e. The first kappa shape index (κ1) is 12.0. The van der Waals surface area contributed by atoms with Crippen LogP contribution in [0.5, 0.6) is 0 Å². The Morgan fingerprint density at radius 1 is 1.37 bits per heavy atom. The van der Waals surface area contributed by atoms with Crippen LogP contribution in [0.4, 0.5) is 0 Å². The first-order valence-corrected chi connectivity index (χ1v) is 6.57. The fourth-order valence-corrected chi connectivity index (χ4v) is 3.17. The van der Waals surface area contributed by atoms with Gasteiger partial charge in [-0.05, 0) is 30.5 Å². The van der Waals surface area contributed by atoms with Crippen molar-refractivity contribution in [2.45, 2.75) is 38.5 Å². The van der Waals surface area contributed by atoms with E-state index in [1.54, 1.807) is 0 Å². The molecule has 0 radical (unpaired) electrons. The van der Waals surface area contributed by atoms with Crippen molar-refractivity contribution < 1.29 is 0 Å². The topological polar surface area (TPSA) is 52.5 Å². The van der Waals surface area contributed by atoms with Gasteiger partial charge >= 0.3 is 0 Å². The lowest BCUT2D eigenvalue weighted by molar-refractivity contribution is 0.483. The highest BCUT2D eigenvalue weighted by atomic mass is 15.1. The quantitative estimate of drug-likeness (QED) is 0.844. The van der Waals surface area contributed by atoms with Crippen molar-refractivity contribution in [3.63, 3.8) is 0 Å². The van der Waals surface area contributed by atoms with Crippen molar-refractivity contribution >= 4 is 0 Å². The summed E-state index contributed by atoms with van der Waals surface area (Å²) in [7, 11) is 0. The van der Waals surface area contributed by atoms with Crippen LogP contribution in [0.15, 0.2) is 24.4 Å². The fraction of sp³-hybridized carbons (Fsp3) is 0.375. The molecule has 0 saturated carbocycles. The lowest BCUT2D eigenvalue weighted by Crippen LogP contribution is -2.14. The summed E-state index contributed by atoms with van der Waals surface area (Å²) in [5.74, 6) is 0.277. The Bertz CT molecular complexity index is 674. The molecule has 1 heterocycles. The zero-order valence-electron chi connectivity index (χ0n) is 11.5. The van der Waals surface area contributed by atoms with Gasteiger partial charge in [-0.25, -0.2) is 0 Å². The fourth-order valence-electron chi connectivity index (χ4n) is 3.17. The highest BCUT2D eigenvalue weighted by Crippen LogP contribution is 2.48. The second-order valence-corrected chi connectivity index (χ2v) is 6.04. The predicted molar refractivity (Wildman–Crippen MR) is 74.0 cm³/mol. The Morgan fingerprint density at radius 3 is 2.89 bits per heavy atom. The van der Waals surface area contributed by atoms with Gasteiger partial charge in [-0.2, -0.15) is 10.4 Å². The molecule has 0 aliphatic heterocycles. The van der Waals surface area contributed by atoms with E-state index in [2.05, 4.69) is 42.2 Å². The first-order valence-electron chi connectivity index (χ1n) is 6.57. The molecule has 2 aromatic rings. The van der Waals surface area contributed by atoms with Crippen molar-refractivity contribution in [3.05, 3.63) is 52.3 Å². The number of aromatic nitrogens is 2.